The number of aliphatic hydroxyl groups excluding tert-OH is 3. The summed E-state index contributed by atoms with van der Waals surface area (Å²) in [7, 11) is 0. The Morgan fingerprint density at radius 1 is 0.939 bits per heavy atom. The summed E-state index contributed by atoms with van der Waals surface area (Å²) in [6, 6.07) is 14.8. The second-order valence-corrected chi connectivity index (χ2v) is 10.9. The molecule has 1 heterocycles. The fraction of sp³-hybridized carbons (Fsp3) is 0.571. The summed E-state index contributed by atoms with van der Waals surface area (Å²) in [5.41, 5.74) is 5.30. The molecule has 0 bridgehead atoms. The van der Waals surface area contributed by atoms with Crippen LogP contribution in [0.4, 0.5) is 0 Å². The van der Waals surface area contributed by atoms with E-state index in [-0.39, 0.29) is 19.1 Å². The lowest BCUT2D eigenvalue weighted by Crippen LogP contribution is -2.47. The van der Waals surface area contributed by atoms with E-state index >= 15 is 0 Å². The van der Waals surface area contributed by atoms with E-state index in [1.165, 1.54) is 56.1 Å². The topological polar surface area (TPSA) is 69.9 Å². The quantitative estimate of drug-likeness (QED) is 0.554. The van der Waals surface area contributed by atoms with Gasteiger partial charge in [-0.05, 0) is 84.6 Å². The Morgan fingerprint density at radius 3 is 2.27 bits per heavy atom. The molecular weight excluding hydrogens is 436 g/mol. The van der Waals surface area contributed by atoms with Crippen LogP contribution in [0.3, 0.4) is 0 Å². The van der Waals surface area contributed by atoms with Crippen molar-refractivity contribution in [2.24, 2.45) is 5.41 Å². The first-order valence-electron chi connectivity index (χ1n) is 12.5. The average Bonchev–Trinajstić information content (AvgIpc) is 2.82. The van der Waals surface area contributed by atoms with Gasteiger partial charge in [-0.25, -0.2) is 0 Å². The summed E-state index contributed by atoms with van der Waals surface area (Å²) in [5, 5.41) is 30.4. The molecule has 1 aliphatic heterocycles. The number of hydrogen-bond donors (Lipinski definition) is 3. The zero-order chi connectivity index (χ0) is 23.0. The van der Waals surface area contributed by atoms with Crippen molar-refractivity contribution in [3.63, 3.8) is 0 Å². The molecule has 2 aromatic carbocycles. The van der Waals surface area contributed by atoms with Crippen LogP contribution in [0, 0.1) is 5.41 Å². The van der Waals surface area contributed by atoms with E-state index in [0.717, 1.165) is 17.5 Å². The molecule has 4 atom stereocenters. The Morgan fingerprint density at radius 2 is 1.64 bits per heavy atom. The van der Waals surface area contributed by atoms with Crippen LogP contribution in [0.5, 0.6) is 0 Å². The van der Waals surface area contributed by atoms with Gasteiger partial charge in [0.1, 0.15) is 12.2 Å². The summed E-state index contributed by atoms with van der Waals surface area (Å²) >= 11 is 6.52. The molecule has 5 rings (SSSR count). The first kappa shape index (κ1) is 23.3. The average molecular weight is 471 g/mol. The summed E-state index contributed by atoms with van der Waals surface area (Å²) in [5.74, 6) is 0.696. The van der Waals surface area contributed by atoms with Gasteiger partial charge in [-0.3, -0.25) is 0 Å². The highest BCUT2D eigenvalue weighted by Crippen LogP contribution is 2.54. The van der Waals surface area contributed by atoms with Crippen LogP contribution in [0.1, 0.15) is 85.6 Å². The van der Waals surface area contributed by atoms with Gasteiger partial charge in [0.25, 0.3) is 0 Å². The van der Waals surface area contributed by atoms with Gasteiger partial charge in [0.15, 0.2) is 0 Å². The van der Waals surface area contributed by atoms with E-state index in [9.17, 15) is 15.3 Å². The van der Waals surface area contributed by atoms with Crippen LogP contribution < -0.4 is 0 Å². The highest BCUT2D eigenvalue weighted by Gasteiger charge is 2.40. The highest BCUT2D eigenvalue weighted by molar-refractivity contribution is 6.31. The van der Waals surface area contributed by atoms with Crippen molar-refractivity contribution in [1.29, 1.82) is 0 Å². The molecule has 33 heavy (non-hydrogen) atoms. The summed E-state index contributed by atoms with van der Waals surface area (Å²) in [6.07, 6.45) is 7.61. The second-order valence-electron chi connectivity index (χ2n) is 10.5. The third-order valence-corrected chi connectivity index (χ3v) is 8.87. The predicted octanol–water partition coefficient (Wildman–Crippen LogP) is 5.30. The predicted molar refractivity (Wildman–Crippen MR) is 130 cm³/mol. The second kappa shape index (κ2) is 9.67. The Kier molecular flexibility index (Phi) is 6.83. The van der Waals surface area contributed by atoms with E-state index in [4.69, 9.17) is 16.3 Å². The van der Waals surface area contributed by atoms with Gasteiger partial charge in [0, 0.05) is 11.4 Å². The van der Waals surface area contributed by atoms with Crippen molar-refractivity contribution in [3.8, 4) is 0 Å². The van der Waals surface area contributed by atoms with Crippen LogP contribution in [-0.2, 0) is 11.2 Å². The van der Waals surface area contributed by atoms with E-state index in [1.807, 2.05) is 18.2 Å². The number of rotatable bonds is 5. The van der Waals surface area contributed by atoms with Gasteiger partial charge in [-0.15, -0.1) is 0 Å². The standard InChI is InChI=1S/C28H35ClO4/c29-23-7-6-21(25-16-24(31)27(32)26(17-30)33-25)15-22(23)14-18-2-4-19(5-3-18)20-8-12-28(13-9-20)10-1-11-28/h2-7,15,20,24-27,30-32H,1,8-14,16-17H2/t24?,25-,26?,27-/m0/s1. The number of hydrogen-bond acceptors (Lipinski definition) is 4. The molecular formula is C28H35ClO4. The van der Waals surface area contributed by atoms with E-state index in [1.54, 1.807) is 0 Å². The van der Waals surface area contributed by atoms with E-state index in [2.05, 4.69) is 24.3 Å². The first-order valence-corrected chi connectivity index (χ1v) is 12.8. The molecule has 0 amide bonds. The summed E-state index contributed by atoms with van der Waals surface area (Å²) in [6.45, 7) is -0.330. The fourth-order valence-corrected chi connectivity index (χ4v) is 6.30. The van der Waals surface area contributed by atoms with Crippen molar-refractivity contribution in [2.45, 2.75) is 88.1 Å². The molecule has 2 unspecified atom stereocenters. The molecule has 2 aliphatic carbocycles. The normalized spacial score (nSPS) is 29.7. The minimum absolute atomic E-state index is 0.288. The van der Waals surface area contributed by atoms with Gasteiger partial charge in [-0.1, -0.05) is 54.4 Å². The van der Waals surface area contributed by atoms with E-state index < -0.39 is 18.3 Å². The number of halogens is 1. The van der Waals surface area contributed by atoms with Crippen molar-refractivity contribution in [3.05, 3.63) is 69.7 Å². The Hall–Kier alpha value is -1.43. The van der Waals surface area contributed by atoms with Gasteiger partial charge >= 0.3 is 0 Å². The lowest BCUT2D eigenvalue weighted by Gasteiger charge is -2.47. The maximum atomic E-state index is 10.2. The van der Waals surface area contributed by atoms with Crippen LogP contribution in [-0.4, -0.2) is 40.2 Å². The molecule has 1 saturated heterocycles. The molecule has 1 spiro atoms. The van der Waals surface area contributed by atoms with E-state index in [0.29, 0.717) is 16.4 Å². The largest absolute Gasteiger partial charge is 0.394 e. The third kappa shape index (κ3) is 4.87. The zero-order valence-electron chi connectivity index (χ0n) is 19.1. The third-order valence-electron chi connectivity index (χ3n) is 8.50. The van der Waals surface area contributed by atoms with Crippen LogP contribution >= 0.6 is 11.6 Å². The molecule has 3 fully saturated rings. The molecule has 2 aromatic rings. The molecule has 0 radical (unpaired) electrons. The SMILES string of the molecule is OCC1O[C@H](c2ccc(Cl)c(Cc3ccc(C4CCC5(CCC5)CC4)cc3)c2)CC(O)[C@@H]1O. The van der Waals surface area contributed by atoms with Crippen LogP contribution in [0.15, 0.2) is 42.5 Å². The molecule has 178 valence electrons. The minimum atomic E-state index is -1.07. The number of aliphatic hydroxyl groups is 3. The zero-order valence-corrected chi connectivity index (χ0v) is 19.9. The lowest BCUT2D eigenvalue weighted by molar-refractivity contribution is -0.181. The Balaban J connectivity index is 1.25. The molecule has 5 heteroatoms. The van der Waals surface area contributed by atoms with Gasteiger partial charge in [-0.2, -0.15) is 0 Å². The van der Waals surface area contributed by atoms with Crippen molar-refractivity contribution < 1.29 is 20.1 Å². The van der Waals surface area contributed by atoms with Crippen molar-refractivity contribution >= 4 is 11.6 Å². The van der Waals surface area contributed by atoms with Gasteiger partial charge < -0.3 is 20.1 Å². The fourth-order valence-electron chi connectivity index (χ4n) is 6.12. The lowest BCUT2D eigenvalue weighted by atomic mass is 9.58. The van der Waals surface area contributed by atoms with Crippen LogP contribution in [0.25, 0.3) is 0 Å². The highest BCUT2D eigenvalue weighted by atomic mass is 35.5. The summed E-state index contributed by atoms with van der Waals surface area (Å²) < 4.78 is 5.86. The molecule has 3 N–H and O–H groups in total. The van der Waals surface area contributed by atoms with Crippen molar-refractivity contribution in [1.82, 2.24) is 0 Å². The molecule has 0 aromatic heterocycles. The number of ether oxygens (including phenoxy) is 1. The molecule has 4 nitrogen and oxygen atoms in total. The maximum absolute atomic E-state index is 10.2. The Bertz CT molecular complexity index is 945. The monoisotopic (exact) mass is 470 g/mol. The minimum Gasteiger partial charge on any atom is -0.394 e. The van der Waals surface area contributed by atoms with Gasteiger partial charge in [0.05, 0.1) is 18.8 Å². The Labute approximate surface area is 201 Å². The summed E-state index contributed by atoms with van der Waals surface area (Å²) in [4.78, 5) is 0. The molecule has 3 aliphatic rings. The molecule has 2 saturated carbocycles. The van der Waals surface area contributed by atoms with Gasteiger partial charge in [0.2, 0.25) is 0 Å². The van der Waals surface area contributed by atoms with Crippen LogP contribution in [0.2, 0.25) is 5.02 Å². The smallest absolute Gasteiger partial charge is 0.110 e. The first-order chi connectivity index (χ1) is 16.0. The maximum Gasteiger partial charge on any atom is 0.110 e. The number of benzene rings is 2. The van der Waals surface area contributed by atoms with Crippen molar-refractivity contribution in [2.75, 3.05) is 6.61 Å².